The molecular formula is C6H10Cl2O2Zr. The van der Waals surface area contributed by atoms with Crippen LogP contribution in [-0.2, 0) is 24.4 Å². The Labute approximate surface area is 79.5 Å². The van der Waals surface area contributed by atoms with E-state index in [2.05, 4.69) is 13.2 Å². The van der Waals surface area contributed by atoms with Crippen molar-refractivity contribution in [3.05, 3.63) is 25.3 Å². The zero-order valence-corrected chi connectivity index (χ0v) is 10.0. The van der Waals surface area contributed by atoms with E-state index in [0.717, 1.165) is 0 Å². The third-order valence-corrected chi connectivity index (χ3v) is 5.79. The Morgan fingerprint density at radius 3 is 1.73 bits per heavy atom. The van der Waals surface area contributed by atoms with Crippen molar-refractivity contribution in [2.24, 2.45) is 0 Å². The summed E-state index contributed by atoms with van der Waals surface area (Å²) < 4.78 is 10.1. The molecule has 0 rings (SSSR count). The second-order valence-corrected chi connectivity index (χ2v) is 12.4. The van der Waals surface area contributed by atoms with E-state index < -0.39 is 18.8 Å². The van der Waals surface area contributed by atoms with Crippen LogP contribution in [0.25, 0.3) is 0 Å². The van der Waals surface area contributed by atoms with Gasteiger partial charge in [0.05, 0.1) is 0 Å². The monoisotopic (exact) mass is 274 g/mol. The number of rotatable bonds is 6. The van der Waals surface area contributed by atoms with Gasteiger partial charge in [-0.1, -0.05) is 0 Å². The van der Waals surface area contributed by atoms with Gasteiger partial charge in [-0.2, -0.15) is 0 Å². The Hall–Kier alpha value is 0.863. The van der Waals surface area contributed by atoms with Gasteiger partial charge in [0.15, 0.2) is 0 Å². The van der Waals surface area contributed by atoms with E-state index >= 15 is 0 Å². The minimum atomic E-state index is -3.63. The molecule has 0 unspecified atom stereocenters. The van der Waals surface area contributed by atoms with Crippen LogP contribution in [0.4, 0.5) is 0 Å². The molecule has 0 atom stereocenters. The Morgan fingerprint density at radius 1 is 1.09 bits per heavy atom. The second kappa shape index (κ2) is 6.39. The van der Waals surface area contributed by atoms with Crippen LogP contribution in [-0.4, -0.2) is 13.2 Å². The number of hydrogen-bond donors (Lipinski definition) is 0. The fourth-order valence-corrected chi connectivity index (χ4v) is 3.58. The van der Waals surface area contributed by atoms with Crippen molar-refractivity contribution in [3.63, 3.8) is 0 Å². The molecule has 0 aromatic rings. The maximum absolute atomic E-state index is 5.73. The predicted octanol–water partition coefficient (Wildman–Crippen LogP) is 2.68. The van der Waals surface area contributed by atoms with Gasteiger partial charge in [-0.25, -0.2) is 0 Å². The Bertz CT molecular complexity index is 125. The van der Waals surface area contributed by atoms with Crippen LogP contribution in [0.1, 0.15) is 0 Å². The van der Waals surface area contributed by atoms with Crippen molar-refractivity contribution in [3.8, 4) is 0 Å². The molecule has 0 fully saturated rings. The molecule has 0 amide bonds. The first-order chi connectivity index (χ1) is 5.12. The van der Waals surface area contributed by atoms with E-state index in [1.165, 1.54) is 0 Å². The van der Waals surface area contributed by atoms with Gasteiger partial charge >= 0.3 is 79.9 Å². The van der Waals surface area contributed by atoms with Crippen molar-refractivity contribution in [2.75, 3.05) is 13.2 Å². The summed E-state index contributed by atoms with van der Waals surface area (Å²) in [5, 5.41) is 0. The summed E-state index contributed by atoms with van der Waals surface area (Å²) in [6.07, 6.45) is 3.15. The van der Waals surface area contributed by atoms with Gasteiger partial charge in [0.1, 0.15) is 0 Å². The molecule has 2 nitrogen and oxygen atoms in total. The van der Waals surface area contributed by atoms with Crippen LogP contribution >= 0.6 is 17.0 Å². The Balaban J connectivity index is 3.59. The minimum absolute atomic E-state index is 0.334. The fraction of sp³-hybridized carbons (Fsp3) is 0.333. The first-order valence-corrected chi connectivity index (χ1v) is 11.3. The van der Waals surface area contributed by atoms with Crippen LogP contribution in [0.15, 0.2) is 25.3 Å². The van der Waals surface area contributed by atoms with Gasteiger partial charge in [0, 0.05) is 0 Å². The molecule has 0 heterocycles. The van der Waals surface area contributed by atoms with Gasteiger partial charge in [-0.3, -0.25) is 0 Å². The van der Waals surface area contributed by atoms with Crippen LogP contribution in [0.2, 0.25) is 0 Å². The van der Waals surface area contributed by atoms with Crippen molar-refractivity contribution >= 4 is 17.0 Å². The van der Waals surface area contributed by atoms with Gasteiger partial charge in [-0.05, 0) is 0 Å². The maximum atomic E-state index is 5.73. The molecule has 0 radical (unpaired) electrons. The predicted molar refractivity (Wildman–Crippen MR) is 44.0 cm³/mol. The zero-order chi connectivity index (χ0) is 8.74. The van der Waals surface area contributed by atoms with Gasteiger partial charge in [0.25, 0.3) is 0 Å². The fourth-order valence-electron chi connectivity index (χ4n) is 0.354. The van der Waals surface area contributed by atoms with Crippen molar-refractivity contribution in [2.45, 2.75) is 0 Å². The standard InChI is InChI=1S/2C3H5O.2ClH.Zr/c2*1-2-3-4;;;/h2*2H,1,3H2;2*1H;/q2*-1;;;+4/p-2. The van der Waals surface area contributed by atoms with Gasteiger partial charge < -0.3 is 0 Å². The van der Waals surface area contributed by atoms with Crippen LogP contribution < -0.4 is 0 Å². The van der Waals surface area contributed by atoms with Crippen molar-refractivity contribution < 1.29 is 24.4 Å². The summed E-state index contributed by atoms with van der Waals surface area (Å²) in [4.78, 5) is 0. The van der Waals surface area contributed by atoms with E-state index in [4.69, 9.17) is 22.7 Å². The van der Waals surface area contributed by atoms with E-state index in [1.807, 2.05) is 0 Å². The third kappa shape index (κ3) is 7.23. The molecule has 5 heteroatoms. The molecule has 0 aliphatic carbocycles. The summed E-state index contributed by atoms with van der Waals surface area (Å²) in [7, 11) is 11.5. The molecule has 0 aromatic heterocycles. The van der Waals surface area contributed by atoms with E-state index in [0.29, 0.717) is 13.2 Å². The molecule has 0 saturated heterocycles. The SMILES string of the molecule is C=CC[O][Zr]([Cl])([Cl])[O]CC=C. The van der Waals surface area contributed by atoms with Crippen LogP contribution in [0, 0.1) is 0 Å². The van der Waals surface area contributed by atoms with Crippen molar-refractivity contribution in [1.29, 1.82) is 0 Å². The Morgan fingerprint density at radius 2 is 1.45 bits per heavy atom. The summed E-state index contributed by atoms with van der Waals surface area (Å²) in [5.74, 6) is 0. The van der Waals surface area contributed by atoms with Crippen LogP contribution in [0.5, 0.6) is 0 Å². The summed E-state index contributed by atoms with van der Waals surface area (Å²) in [6, 6.07) is 0. The second-order valence-electron chi connectivity index (χ2n) is 1.66. The molecule has 64 valence electrons. The normalized spacial score (nSPS) is 11.1. The number of hydrogen-bond acceptors (Lipinski definition) is 2. The van der Waals surface area contributed by atoms with E-state index in [9.17, 15) is 0 Å². The zero-order valence-electron chi connectivity index (χ0n) is 6.06. The molecule has 0 N–H and O–H groups in total. The molecule has 0 spiro atoms. The first-order valence-electron chi connectivity index (χ1n) is 3.00. The third-order valence-electron chi connectivity index (χ3n) is 0.738. The van der Waals surface area contributed by atoms with E-state index in [-0.39, 0.29) is 0 Å². The average Bonchev–Trinajstić information content (AvgIpc) is 1.97. The molecule has 0 aromatic carbocycles. The summed E-state index contributed by atoms with van der Waals surface area (Å²) in [5.41, 5.74) is 0. The van der Waals surface area contributed by atoms with E-state index in [1.54, 1.807) is 12.2 Å². The first kappa shape index (κ1) is 11.9. The number of halogens is 2. The van der Waals surface area contributed by atoms with Gasteiger partial charge in [-0.15, -0.1) is 0 Å². The molecule has 11 heavy (non-hydrogen) atoms. The quantitative estimate of drug-likeness (QED) is 0.694. The topological polar surface area (TPSA) is 18.5 Å². The molecular weight excluding hydrogens is 266 g/mol. The van der Waals surface area contributed by atoms with Gasteiger partial charge in [0.2, 0.25) is 0 Å². The molecule has 0 bridgehead atoms. The molecule has 0 aliphatic heterocycles. The Kier molecular flexibility index (Phi) is 6.89. The summed E-state index contributed by atoms with van der Waals surface area (Å²) in [6.45, 7) is 7.59. The average molecular weight is 276 g/mol. The van der Waals surface area contributed by atoms with Crippen LogP contribution in [0.3, 0.4) is 0 Å². The summed E-state index contributed by atoms with van der Waals surface area (Å²) >= 11 is -3.63. The molecule has 0 aliphatic rings. The molecule has 0 saturated carbocycles. The van der Waals surface area contributed by atoms with Crippen molar-refractivity contribution in [1.82, 2.24) is 0 Å².